The van der Waals surface area contributed by atoms with E-state index < -0.39 is 0 Å². The Morgan fingerprint density at radius 2 is 2.33 bits per heavy atom. The lowest BCUT2D eigenvalue weighted by molar-refractivity contribution is -0.122. The first-order valence-electron chi connectivity index (χ1n) is 6.13. The number of carbonyl (C=O) groups excluding carboxylic acids is 1. The molecule has 1 aromatic heterocycles. The molecule has 3 rings (SSSR count). The molecule has 0 N–H and O–H groups in total. The van der Waals surface area contributed by atoms with Crippen LogP contribution in [0.25, 0.3) is 0 Å². The molecule has 0 amide bonds. The van der Waals surface area contributed by atoms with E-state index in [-0.39, 0.29) is 17.1 Å². The zero-order chi connectivity index (χ0) is 12.7. The van der Waals surface area contributed by atoms with Gasteiger partial charge in [-0.3, -0.25) is 4.79 Å². The molecule has 6 heteroatoms. The van der Waals surface area contributed by atoms with Gasteiger partial charge in [-0.05, 0) is 18.0 Å². The van der Waals surface area contributed by atoms with E-state index in [1.54, 1.807) is 0 Å². The van der Waals surface area contributed by atoms with Gasteiger partial charge in [0, 0.05) is 18.5 Å². The minimum Gasteiger partial charge on any atom is -0.377 e. The van der Waals surface area contributed by atoms with E-state index in [0.717, 1.165) is 23.5 Å². The maximum absolute atomic E-state index is 12.1. The van der Waals surface area contributed by atoms with E-state index in [2.05, 4.69) is 9.97 Å². The van der Waals surface area contributed by atoms with Crippen LogP contribution < -0.4 is 4.90 Å². The fourth-order valence-corrected chi connectivity index (χ4v) is 2.80. The number of ketones is 1. The molecule has 0 aliphatic carbocycles. The van der Waals surface area contributed by atoms with Crippen molar-refractivity contribution in [2.45, 2.75) is 25.8 Å². The molecular formula is C12H14ClN3O2. The molecule has 96 valence electrons. The van der Waals surface area contributed by atoms with Gasteiger partial charge >= 0.3 is 0 Å². The Bertz CT molecular complexity index is 506. The number of halogens is 1. The zero-order valence-electron chi connectivity index (χ0n) is 10.1. The van der Waals surface area contributed by atoms with Gasteiger partial charge < -0.3 is 9.64 Å². The molecule has 1 aromatic rings. The highest BCUT2D eigenvalue weighted by atomic mass is 35.5. The lowest BCUT2D eigenvalue weighted by Crippen LogP contribution is -2.54. The zero-order valence-corrected chi connectivity index (χ0v) is 10.9. The molecule has 2 aliphatic rings. The van der Waals surface area contributed by atoms with Crippen LogP contribution in [0.3, 0.4) is 0 Å². The third-order valence-corrected chi connectivity index (χ3v) is 3.67. The second kappa shape index (κ2) is 4.48. The van der Waals surface area contributed by atoms with Gasteiger partial charge in [0.25, 0.3) is 0 Å². The standard InChI is InChI=1S/C12H14ClN3O2/c1-2-8-7-5-10(17)9-6-18-4-3-16(9)11(7)15-12(13)14-8/h9H,2-6H2,1H3. The average molecular weight is 268 g/mol. The van der Waals surface area contributed by atoms with Crippen molar-refractivity contribution in [3.05, 3.63) is 16.5 Å². The Balaban J connectivity index is 2.12. The molecule has 0 radical (unpaired) electrons. The number of rotatable bonds is 1. The van der Waals surface area contributed by atoms with Crippen LogP contribution in [0.4, 0.5) is 5.82 Å². The Morgan fingerprint density at radius 1 is 1.50 bits per heavy atom. The molecule has 1 saturated heterocycles. The highest BCUT2D eigenvalue weighted by Gasteiger charge is 2.37. The number of hydrogen-bond donors (Lipinski definition) is 0. The third-order valence-electron chi connectivity index (χ3n) is 3.50. The Hall–Kier alpha value is -1.20. The lowest BCUT2D eigenvalue weighted by atomic mass is 9.95. The normalized spacial score (nSPS) is 22.7. The van der Waals surface area contributed by atoms with Gasteiger partial charge in [-0.2, -0.15) is 0 Å². The number of nitrogens with zero attached hydrogens (tertiary/aromatic N) is 3. The second-order valence-electron chi connectivity index (χ2n) is 4.52. The van der Waals surface area contributed by atoms with Crippen molar-refractivity contribution in [1.82, 2.24) is 9.97 Å². The molecular weight excluding hydrogens is 254 g/mol. The molecule has 18 heavy (non-hydrogen) atoms. The number of Topliss-reactive ketones (excluding diaryl/α,β-unsaturated/α-hetero) is 1. The summed E-state index contributed by atoms with van der Waals surface area (Å²) in [4.78, 5) is 22.7. The Morgan fingerprint density at radius 3 is 3.11 bits per heavy atom. The van der Waals surface area contributed by atoms with Crippen molar-refractivity contribution < 1.29 is 9.53 Å². The third kappa shape index (κ3) is 1.78. The second-order valence-corrected chi connectivity index (χ2v) is 4.86. The summed E-state index contributed by atoms with van der Waals surface area (Å²) in [7, 11) is 0. The Labute approximate surface area is 110 Å². The number of fused-ring (bicyclic) bond motifs is 3. The summed E-state index contributed by atoms with van der Waals surface area (Å²) in [5.74, 6) is 1.00. The number of anilines is 1. The minimum atomic E-state index is -0.207. The van der Waals surface area contributed by atoms with E-state index in [4.69, 9.17) is 16.3 Å². The van der Waals surface area contributed by atoms with E-state index in [1.807, 2.05) is 11.8 Å². The van der Waals surface area contributed by atoms with E-state index in [0.29, 0.717) is 26.2 Å². The van der Waals surface area contributed by atoms with Crippen LogP contribution in [0.2, 0.25) is 5.28 Å². The van der Waals surface area contributed by atoms with Crippen LogP contribution in [0.1, 0.15) is 18.2 Å². The number of aromatic nitrogens is 2. The van der Waals surface area contributed by atoms with E-state index in [9.17, 15) is 4.79 Å². The molecule has 5 nitrogen and oxygen atoms in total. The van der Waals surface area contributed by atoms with Gasteiger partial charge in [-0.15, -0.1) is 0 Å². The summed E-state index contributed by atoms with van der Waals surface area (Å²) < 4.78 is 5.37. The number of morpholine rings is 1. The quantitative estimate of drug-likeness (QED) is 0.711. The maximum Gasteiger partial charge on any atom is 0.224 e. The topological polar surface area (TPSA) is 55.3 Å². The predicted octanol–water partition coefficient (Wildman–Crippen LogP) is 1.02. The van der Waals surface area contributed by atoms with Crippen molar-refractivity contribution in [1.29, 1.82) is 0 Å². The Kier molecular flexibility index (Phi) is 2.95. The summed E-state index contributed by atoms with van der Waals surface area (Å²) >= 11 is 5.96. The first kappa shape index (κ1) is 11.9. The summed E-state index contributed by atoms with van der Waals surface area (Å²) in [5.41, 5.74) is 1.81. The van der Waals surface area contributed by atoms with Gasteiger partial charge in [0.2, 0.25) is 5.28 Å². The maximum atomic E-state index is 12.1. The van der Waals surface area contributed by atoms with Crippen molar-refractivity contribution in [3.63, 3.8) is 0 Å². The van der Waals surface area contributed by atoms with Crippen molar-refractivity contribution in [3.8, 4) is 0 Å². The summed E-state index contributed by atoms with van der Waals surface area (Å²) in [5, 5.41) is 0.255. The number of hydrogen-bond acceptors (Lipinski definition) is 5. The van der Waals surface area contributed by atoms with Gasteiger partial charge in [0.15, 0.2) is 5.78 Å². The summed E-state index contributed by atoms with van der Waals surface area (Å²) in [6.07, 6.45) is 1.15. The van der Waals surface area contributed by atoms with Gasteiger partial charge in [-0.25, -0.2) is 9.97 Å². The van der Waals surface area contributed by atoms with E-state index >= 15 is 0 Å². The van der Waals surface area contributed by atoms with Gasteiger partial charge in [-0.1, -0.05) is 6.92 Å². The molecule has 2 aliphatic heterocycles. The van der Waals surface area contributed by atoms with Crippen LogP contribution in [0, 0.1) is 0 Å². The molecule has 1 fully saturated rings. The monoisotopic (exact) mass is 267 g/mol. The van der Waals surface area contributed by atoms with Crippen LogP contribution in [-0.4, -0.2) is 41.6 Å². The van der Waals surface area contributed by atoms with Crippen molar-refractivity contribution in [2.24, 2.45) is 0 Å². The fourth-order valence-electron chi connectivity index (χ4n) is 2.61. The van der Waals surface area contributed by atoms with Crippen LogP contribution in [0.15, 0.2) is 0 Å². The molecule has 0 aromatic carbocycles. The van der Waals surface area contributed by atoms with Crippen LogP contribution in [0.5, 0.6) is 0 Å². The number of carbonyl (C=O) groups is 1. The number of aryl methyl sites for hydroxylation is 1. The van der Waals surface area contributed by atoms with Crippen molar-refractivity contribution >= 4 is 23.2 Å². The average Bonchev–Trinajstić information content (AvgIpc) is 2.39. The lowest BCUT2D eigenvalue weighted by Gasteiger charge is -2.40. The summed E-state index contributed by atoms with van der Waals surface area (Å²) in [6, 6.07) is -0.207. The molecule has 3 heterocycles. The molecule has 0 spiro atoms. The first-order valence-corrected chi connectivity index (χ1v) is 6.51. The predicted molar refractivity (Wildman–Crippen MR) is 67.1 cm³/mol. The van der Waals surface area contributed by atoms with Crippen LogP contribution >= 0.6 is 11.6 Å². The van der Waals surface area contributed by atoms with Gasteiger partial charge in [0.1, 0.15) is 11.9 Å². The fraction of sp³-hybridized carbons (Fsp3) is 0.583. The smallest absolute Gasteiger partial charge is 0.224 e. The largest absolute Gasteiger partial charge is 0.377 e. The molecule has 0 saturated carbocycles. The molecule has 0 bridgehead atoms. The molecule has 1 unspecified atom stereocenters. The van der Waals surface area contributed by atoms with Gasteiger partial charge in [0.05, 0.1) is 18.9 Å². The molecule has 1 atom stereocenters. The van der Waals surface area contributed by atoms with Crippen LogP contribution in [-0.2, 0) is 22.4 Å². The van der Waals surface area contributed by atoms with Crippen molar-refractivity contribution in [2.75, 3.05) is 24.7 Å². The highest BCUT2D eigenvalue weighted by Crippen LogP contribution is 2.31. The highest BCUT2D eigenvalue weighted by molar-refractivity contribution is 6.28. The SMILES string of the molecule is CCc1nc(Cl)nc2c1CC(=O)C1COCCN21. The first-order chi connectivity index (χ1) is 8.70. The summed E-state index contributed by atoms with van der Waals surface area (Å²) in [6.45, 7) is 3.75. The number of ether oxygens (including phenoxy) is 1. The van der Waals surface area contributed by atoms with E-state index in [1.165, 1.54) is 0 Å². The minimum absolute atomic E-state index is 0.183.